The molecule has 11 heteroatoms. The standard InChI is InChI=1S/C13H16N4O6.ClH/c18-13-16(14-7-10-1-2-12(22-10)17(19)20)9-11(23-13)8-15-3-5-21-6-4-15;/h1-2,7,11H,3-6,8-9H2;1H/b14-7+;/t11-;/m0./s1. The number of carbonyl (C=O) groups is 1. The molecule has 0 N–H and O–H groups in total. The van der Waals surface area contributed by atoms with Crippen molar-refractivity contribution < 1.29 is 23.6 Å². The molecular formula is C13H17ClN4O6. The Hall–Kier alpha value is -2.17. The molecule has 24 heavy (non-hydrogen) atoms. The summed E-state index contributed by atoms with van der Waals surface area (Å²) >= 11 is 0. The van der Waals surface area contributed by atoms with E-state index in [0.29, 0.717) is 26.3 Å². The van der Waals surface area contributed by atoms with Gasteiger partial charge in [-0.1, -0.05) is 0 Å². The average molecular weight is 361 g/mol. The highest BCUT2D eigenvalue weighted by molar-refractivity contribution is 5.85. The predicted octanol–water partition coefficient (Wildman–Crippen LogP) is 1.10. The molecule has 1 aromatic heterocycles. The van der Waals surface area contributed by atoms with E-state index in [9.17, 15) is 14.9 Å². The van der Waals surface area contributed by atoms with Crippen LogP contribution in [0.1, 0.15) is 5.76 Å². The molecule has 2 aliphatic rings. The van der Waals surface area contributed by atoms with Gasteiger partial charge in [-0.25, -0.2) is 4.79 Å². The SMILES string of the molecule is Cl.O=C1O[C@@H](CN2CCOCC2)CN1/N=C/c1ccc([N+](=O)[O-])o1. The Labute approximate surface area is 143 Å². The molecule has 2 aliphatic heterocycles. The van der Waals surface area contributed by atoms with E-state index in [2.05, 4.69) is 10.0 Å². The number of carbonyl (C=O) groups excluding carboxylic acids is 1. The zero-order chi connectivity index (χ0) is 16.2. The minimum atomic E-state index is -0.639. The highest BCUT2D eigenvalue weighted by Crippen LogP contribution is 2.16. The minimum Gasteiger partial charge on any atom is -0.441 e. The maximum atomic E-state index is 11.8. The number of hydrogen-bond acceptors (Lipinski definition) is 8. The number of nitrogens with zero attached hydrogens (tertiary/aromatic N) is 4. The zero-order valence-corrected chi connectivity index (χ0v) is 13.5. The largest absolute Gasteiger partial charge is 0.441 e. The summed E-state index contributed by atoms with van der Waals surface area (Å²) in [5, 5.41) is 15.7. The number of amides is 1. The third-order valence-electron chi connectivity index (χ3n) is 3.54. The smallest absolute Gasteiger partial charge is 0.433 e. The van der Waals surface area contributed by atoms with Gasteiger partial charge in [0.05, 0.1) is 32.0 Å². The summed E-state index contributed by atoms with van der Waals surface area (Å²) in [5.41, 5.74) is 0. The molecule has 132 valence electrons. The fourth-order valence-corrected chi connectivity index (χ4v) is 2.41. The van der Waals surface area contributed by atoms with Crippen molar-refractivity contribution in [1.82, 2.24) is 9.91 Å². The Morgan fingerprint density at radius 1 is 1.38 bits per heavy atom. The highest BCUT2D eigenvalue weighted by Gasteiger charge is 2.32. The van der Waals surface area contributed by atoms with Gasteiger partial charge in [-0.2, -0.15) is 10.1 Å². The summed E-state index contributed by atoms with van der Waals surface area (Å²) < 4.78 is 15.5. The summed E-state index contributed by atoms with van der Waals surface area (Å²) in [6.45, 7) is 3.95. The van der Waals surface area contributed by atoms with Gasteiger partial charge in [0.1, 0.15) is 11.0 Å². The molecule has 0 bridgehead atoms. The summed E-state index contributed by atoms with van der Waals surface area (Å²) in [5.74, 6) is -0.179. The van der Waals surface area contributed by atoms with Crippen molar-refractivity contribution in [3.05, 3.63) is 28.0 Å². The van der Waals surface area contributed by atoms with Crippen LogP contribution in [0.3, 0.4) is 0 Å². The Balaban J connectivity index is 0.00000208. The highest BCUT2D eigenvalue weighted by atomic mass is 35.5. The van der Waals surface area contributed by atoms with Crippen LogP contribution < -0.4 is 0 Å². The maximum absolute atomic E-state index is 11.8. The monoisotopic (exact) mass is 360 g/mol. The molecule has 1 atom stereocenters. The van der Waals surface area contributed by atoms with Gasteiger partial charge >= 0.3 is 12.0 Å². The third kappa shape index (κ3) is 4.43. The molecule has 0 spiro atoms. The van der Waals surface area contributed by atoms with Crippen LogP contribution >= 0.6 is 12.4 Å². The summed E-state index contributed by atoms with van der Waals surface area (Å²) in [7, 11) is 0. The van der Waals surface area contributed by atoms with E-state index in [1.54, 1.807) is 0 Å². The van der Waals surface area contributed by atoms with E-state index < -0.39 is 11.0 Å². The van der Waals surface area contributed by atoms with Gasteiger partial charge in [-0.15, -0.1) is 12.4 Å². The Morgan fingerprint density at radius 3 is 2.79 bits per heavy atom. The van der Waals surface area contributed by atoms with Gasteiger partial charge in [0, 0.05) is 19.6 Å². The lowest BCUT2D eigenvalue weighted by molar-refractivity contribution is -0.402. The summed E-state index contributed by atoms with van der Waals surface area (Å²) in [6, 6.07) is 2.64. The van der Waals surface area contributed by atoms with Crippen LogP contribution in [-0.4, -0.2) is 72.6 Å². The molecule has 1 aromatic rings. The van der Waals surface area contributed by atoms with Crippen LogP contribution in [0.15, 0.2) is 21.7 Å². The Kier molecular flexibility index (Phi) is 6.12. The van der Waals surface area contributed by atoms with Crippen molar-refractivity contribution >= 4 is 30.6 Å². The topological polar surface area (TPSA) is 111 Å². The quantitative estimate of drug-likeness (QED) is 0.439. The zero-order valence-electron chi connectivity index (χ0n) is 12.7. The van der Waals surface area contributed by atoms with E-state index in [0.717, 1.165) is 13.1 Å². The van der Waals surface area contributed by atoms with Gasteiger partial charge < -0.3 is 13.9 Å². The van der Waals surface area contributed by atoms with Gasteiger partial charge in [0.25, 0.3) is 0 Å². The summed E-state index contributed by atoms with van der Waals surface area (Å²) in [6.07, 6.45) is 0.454. The van der Waals surface area contributed by atoms with Crippen LogP contribution in [0.4, 0.5) is 10.7 Å². The van der Waals surface area contributed by atoms with Crippen molar-refractivity contribution in [1.29, 1.82) is 0 Å². The second kappa shape index (κ2) is 8.08. The first-order chi connectivity index (χ1) is 11.1. The maximum Gasteiger partial charge on any atom is 0.433 e. The molecule has 1 amide bonds. The van der Waals surface area contributed by atoms with Crippen LogP contribution in [0.2, 0.25) is 0 Å². The number of ether oxygens (including phenoxy) is 2. The number of halogens is 1. The molecule has 2 fully saturated rings. The third-order valence-corrected chi connectivity index (χ3v) is 3.54. The fraction of sp³-hybridized carbons (Fsp3) is 0.538. The lowest BCUT2D eigenvalue weighted by Crippen LogP contribution is -2.41. The van der Waals surface area contributed by atoms with E-state index in [4.69, 9.17) is 13.9 Å². The molecule has 3 rings (SSSR count). The van der Waals surface area contributed by atoms with E-state index in [1.165, 1.54) is 23.4 Å². The number of cyclic esters (lactones) is 1. The van der Waals surface area contributed by atoms with Crippen LogP contribution in [0.5, 0.6) is 0 Å². The van der Waals surface area contributed by atoms with E-state index >= 15 is 0 Å². The second-order valence-electron chi connectivity index (χ2n) is 5.18. The molecule has 0 saturated carbocycles. The Bertz CT molecular complexity index is 615. The molecule has 10 nitrogen and oxygen atoms in total. The Morgan fingerprint density at radius 2 is 2.12 bits per heavy atom. The molecule has 0 aromatic carbocycles. The van der Waals surface area contributed by atoms with E-state index in [1.807, 2.05) is 0 Å². The molecule has 2 saturated heterocycles. The number of nitro groups is 1. The van der Waals surface area contributed by atoms with Gasteiger partial charge in [0.2, 0.25) is 0 Å². The van der Waals surface area contributed by atoms with Crippen molar-refractivity contribution in [2.75, 3.05) is 39.4 Å². The number of morpholine rings is 1. The van der Waals surface area contributed by atoms with Crippen LogP contribution in [0, 0.1) is 10.1 Å². The van der Waals surface area contributed by atoms with Gasteiger partial charge in [-0.3, -0.25) is 15.0 Å². The molecule has 0 aliphatic carbocycles. The van der Waals surface area contributed by atoms with Crippen molar-refractivity contribution in [3.8, 4) is 0 Å². The van der Waals surface area contributed by atoms with E-state index in [-0.39, 0.29) is 30.2 Å². The average Bonchev–Trinajstić information content (AvgIpc) is 3.13. The molecular weight excluding hydrogens is 344 g/mol. The first-order valence-electron chi connectivity index (χ1n) is 7.18. The first-order valence-corrected chi connectivity index (χ1v) is 7.18. The summed E-state index contributed by atoms with van der Waals surface area (Å²) in [4.78, 5) is 23.8. The first kappa shape index (κ1) is 18.2. The lowest BCUT2D eigenvalue weighted by atomic mass is 10.3. The van der Waals surface area contributed by atoms with Crippen molar-refractivity contribution in [3.63, 3.8) is 0 Å². The van der Waals surface area contributed by atoms with Gasteiger partial charge in [0.15, 0.2) is 5.76 Å². The van der Waals surface area contributed by atoms with Gasteiger partial charge in [-0.05, 0) is 6.07 Å². The van der Waals surface area contributed by atoms with Crippen LogP contribution in [0.25, 0.3) is 0 Å². The minimum absolute atomic E-state index is 0. The van der Waals surface area contributed by atoms with Crippen molar-refractivity contribution in [2.45, 2.75) is 6.10 Å². The number of hydrogen-bond donors (Lipinski definition) is 0. The van der Waals surface area contributed by atoms with Crippen molar-refractivity contribution in [2.24, 2.45) is 5.10 Å². The number of furan rings is 1. The lowest BCUT2D eigenvalue weighted by Gasteiger charge is -2.27. The number of hydrazone groups is 1. The molecule has 0 radical (unpaired) electrons. The number of rotatable bonds is 5. The fourth-order valence-electron chi connectivity index (χ4n) is 2.41. The predicted molar refractivity (Wildman–Crippen MR) is 84.4 cm³/mol. The normalized spacial score (nSPS) is 21.8. The molecule has 3 heterocycles. The second-order valence-corrected chi connectivity index (χ2v) is 5.18. The molecule has 0 unspecified atom stereocenters. The van der Waals surface area contributed by atoms with Crippen LogP contribution in [-0.2, 0) is 9.47 Å².